The lowest BCUT2D eigenvalue weighted by atomic mass is 10.1. The number of hydrogen-bond donors (Lipinski definition) is 1. The van der Waals surface area contributed by atoms with Crippen LogP contribution < -0.4 is 5.32 Å². The Morgan fingerprint density at radius 1 is 1.27 bits per heavy atom. The molecule has 5 heteroatoms. The minimum Gasteiger partial charge on any atom is -0.350 e. The van der Waals surface area contributed by atoms with Crippen molar-refractivity contribution >= 4 is 33.1 Å². The quantitative estimate of drug-likeness (QED) is 0.694. The van der Waals surface area contributed by atoms with Gasteiger partial charge in [0.1, 0.15) is 11.1 Å². The molecule has 2 heterocycles. The Morgan fingerprint density at radius 2 is 2.08 bits per heavy atom. The molecule has 0 saturated carbocycles. The highest BCUT2D eigenvalue weighted by molar-refractivity contribution is 7.16. The molecule has 0 atom stereocenters. The zero-order valence-electron chi connectivity index (χ0n) is 14.8. The molecule has 4 rings (SSSR count). The maximum atomic E-state index is 12.7. The number of amides is 1. The van der Waals surface area contributed by atoms with Crippen LogP contribution >= 0.6 is 11.3 Å². The largest absolute Gasteiger partial charge is 0.350 e. The van der Waals surface area contributed by atoms with Gasteiger partial charge < -0.3 is 9.88 Å². The Labute approximate surface area is 157 Å². The Morgan fingerprint density at radius 3 is 2.92 bits per heavy atom. The third-order valence-electron chi connectivity index (χ3n) is 5.12. The summed E-state index contributed by atoms with van der Waals surface area (Å²) < 4.78 is 2.05. The molecule has 1 aromatic carbocycles. The van der Waals surface area contributed by atoms with Crippen LogP contribution in [0.3, 0.4) is 0 Å². The van der Waals surface area contributed by atoms with Crippen molar-refractivity contribution in [3.63, 3.8) is 0 Å². The van der Waals surface area contributed by atoms with Gasteiger partial charge in [-0.25, -0.2) is 0 Å². The highest BCUT2D eigenvalue weighted by Crippen LogP contribution is 2.37. The number of nitrogens with one attached hydrogen (secondary N) is 1. The summed E-state index contributed by atoms with van der Waals surface area (Å²) in [5, 5.41) is 14.4. The van der Waals surface area contributed by atoms with Crippen molar-refractivity contribution in [2.75, 3.05) is 5.32 Å². The van der Waals surface area contributed by atoms with Crippen LogP contribution in [0.1, 0.15) is 40.8 Å². The van der Waals surface area contributed by atoms with Gasteiger partial charge in [-0.3, -0.25) is 4.79 Å². The van der Waals surface area contributed by atoms with Gasteiger partial charge in [-0.15, -0.1) is 11.3 Å². The van der Waals surface area contributed by atoms with E-state index >= 15 is 0 Å². The summed E-state index contributed by atoms with van der Waals surface area (Å²) in [6, 6.07) is 10.4. The minimum absolute atomic E-state index is 0.0609. The van der Waals surface area contributed by atoms with Crippen LogP contribution in [-0.4, -0.2) is 10.5 Å². The van der Waals surface area contributed by atoms with Crippen LogP contribution in [0.5, 0.6) is 0 Å². The van der Waals surface area contributed by atoms with Gasteiger partial charge in [0.05, 0.1) is 12.0 Å². The number of rotatable bonds is 3. The van der Waals surface area contributed by atoms with Crippen LogP contribution in [0.2, 0.25) is 0 Å². The first-order valence-electron chi connectivity index (χ1n) is 9.05. The minimum atomic E-state index is -0.0609. The number of aryl methyl sites for hydroxylation is 2. The van der Waals surface area contributed by atoms with Crippen molar-refractivity contribution in [2.45, 2.75) is 38.5 Å². The standard InChI is InChI=1S/C21H21N3OS/c1-24-13-14(15-7-5-6-9-18(15)24)11-20(25)23-21-17(12-22)16-8-3-2-4-10-19(16)26-21/h5-7,9,13H,2-4,8,10-11H2,1H3,(H,23,25). The molecule has 4 nitrogen and oxygen atoms in total. The Kier molecular flexibility index (Phi) is 4.52. The highest BCUT2D eigenvalue weighted by atomic mass is 32.1. The molecule has 3 aromatic rings. The van der Waals surface area contributed by atoms with Crippen molar-refractivity contribution < 1.29 is 4.79 Å². The van der Waals surface area contributed by atoms with E-state index in [9.17, 15) is 10.1 Å². The molecule has 0 aliphatic heterocycles. The average molecular weight is 363 g/mol. The molecule has 132 valence electrons. The fourth-order valence-electron chi connectivity index (χ4n) is 3.86. The summed E-state index contributed by atoms with van der Waals surface area (Å²) in [4.78, 5) is 13.9. The van der Waals surface area contributed by atoms with Crippen molar-refractivity contribution in [1.29, 1.82) is 5.26 Å². The molecule has 1 aliphatic carbocycles. The Bertz CT molecular complexity index is 1020. The van der Waals surface area contributed by atoms with Crippen LogP contribution in [0, 0.1) is 11.3 Å². The topological polar surface area (TPSA) is 57.8 Å². The Balaban J connectivity index is 1.58. The van der Waals surface area contributed by atoms with Gasteiger partial charge in [-0.2, -0.15) is 5.26 Å². The van der Waals surface area contributed by atoms with Gasteiger partial charge in [-0.1, -0.05) is 24.6 Å². The van der Waals surface area contributed by atoms with Gasteiger partial charge in [0, 0.05) is 29.0 Å². The zero-order valence-corrected chi connectivity index (χ0v) is 15.7. The molecule has 1 N–H and O–H groups in total. The summed E-state index contributed by atoms with van der Waals surface area (Å²) in [6.45, 7) is 0. The smallest absolute Gasteiger partial charge is 0.229 e. The summed E-state index contributed by atoms with van der Waals surface area (Å²) in [7, 11) is 1.99. The molecule has 26 heavy (non-hydrogen) atoms. The number of aromatic nitrogens is 1. The maximum Gasteiger partial charge on any atom is 0.229 e. The zero-order chi connectivity index (χ0) is 18.1. The predicted molar refractivity (Wildman–Crippen MR) is 106 cm³/mol. The van der Waals surface area contributed by atoms with E-state index in [-0.39, 0.29) is 5.91 Å². The van der Waals surface area contributed by atoms with E-state index in [2.05, 4.69) is 17.5 Å². The van der Waals surface area contributed by atoms with Gasteiger partial charge in [0.25, 0.3) is 0 Å². The first kappa shape index (κ1) is 16.9. The average Bonchev–Trinajstić information content (AvgIpc) is 3.02. The first-order chi connectivity index (χ1) is 12.7. The van der Waals surface area contributed by atoms with E-state index in [0.717, 1.165) is 46.3 Å². The summed E-state index contributed by atoms with van der Waals surface area (Å²) in [5.41, 5.74) is 3.97. The summed E-state index contributed by atoms with van der Waals surface area (Å²) in [6.07, 6.45) is 7.81. The number of benzene rings is 1. The number of thiophene rings is 1. The van der Waals surface area contributed by atoms with E-state index in [1.165, 1.54) is 17.7 Å². The number of nitriles is 1. The molecule has 1 aliphatic rings. The van der Waals surface area contributed by atoms with Gasteiger partial charge in [-0.05, 0) is 42.9 Å². The third kappa shape index (κ3) is 3.02. The van der Waals surface area contributed by atoms with Gasteiger partial charge in [0.2, 0.25) is 5.91 Å². The molecule has 0 radical (unpaired) electrons. The lowest BCUT2D eigenvalue weighted by Crippen LogP contribution is -2.14. The summed E-state index contributed by atoms with van der Waals surface area (Å²) >= 11 is 1.59. The molecule has 0 fully saturated rings. The van der Waals surface area contributed by atoms with E-state index in [0.29, 0.717) is 12.0 Å². The first-order valence-corrected chi connectivity index (χ1v) is 9.86. The second-order valence-electron chi connectivity index (χ2n) is 6.89. The molecule has 0 saturated heterocycles. The lowest BCUT2D eigenvalue weighted by molar-refractivity contribution is -0.115. The number of para-hydroxylation sites is 1. The Hall–Kier alpha value is -2.58. The fourth-order valence-corrected chi connectivity index (χ4v) is 5.12. The van der Waals surface area contributed by atoms with E-state index in [1.54, 1.807) is 11.3 Å². The molecule has 0 spiro atoms. The number of anilines is 1. The molecular weight excluding hydrogens is 342 g/mol. The van der Waals surface area contributed by atoms with Crippen LogP contribution in [0.25, 0.3) is 10.9 Å². The fraction of sp³-hybridized carbons (Fsp3) is 0.333. The number of nitrogens with zero attached hydrogens (tertiary/aromatic N) is 2. The second-order valence-corrected chi connectivity index (χ2v) is 7.99. The molecule has 2 aromatic heterocycles. The molecular formula is C21H21N3OS. The predicted octanol–water partition coefficient (Wildman–Crippen LogP) is 4.56. The maximum absolute atomic E-state index is 12.7. The normalized spacial score (nSPS) is 13.8. The summed E-state index contributed by atoms with van der Waals surface area (Å²) in [5.74, 6) is -0.0609. The number of fused-ring (bicyclic) bond motifs is 2. The second kappa shape index (κ2) is 6.97. The molecule has 0 bridgehead atoms. The van der Waals surface area contributed by atoms with Crippen molar-refractivity contribution in [3.05, 3.63) is 52.0 Å². The highest BCUT2D eigenvalue weighted by Gasteiger charge is 2.21. The third-order valence-corrected chi connectivity index (χ3v) is 6.32. The van der Waals surface area contributed by atoms with Crippen LogP contribution in [0.4, 0.5) is 5.00 Å². The van der Waals surface area contributed by atoms with Crippen molar-refractivity contribution in [2.24, 2.45) is 7.05 Å². The number of hydrogen-bond acceptors (Lipinski definition) is 3. The molecule has 0 unspecified atom stereocenters. The molecule has 1 amide bonds. The number of carbonyl (C=O) groups excluding carboxylic acids is 1. The monoisotopic (exact) mass is 363 g/mol. The van der Waals surface area contributed by atoms with Crippen LogP contribution in [0.15, 0.2) is 30.5 Å². The lowest BCUT2D eigenvalue weighted by Gasteiger charge is -2.04. The SMILES string of the molecule is Cn1cc(CC(=O)Nc2sc3c(c2C#N)CCCCC3)c2ccccc21. The van der Waals surface area contributed by atoms with Gasteiger partial charge >= 0.3 is 0 Å². The number of carbonyl (C=O) groups is 1. The van der Waals surface area contributed by atoms with Crippen LogP contribution in [-0.2, 0) is 31.1 Å². The van der Waals surface area contributed by atoms with E-state index < -0.39 is 0 Å². The van der Waals surface area contributed by atoms with Crippen molar-refractivity contribution in [3.8, 4) is 6.07 Å². The van der Waals surface area contributed by atoms with E-state index in [4.69, 9.17) is 0 Å². The van der Waals surface area contributed by atoms with Crippen molar-refractivity contribution in [1.82, 2.24) is 4.57 Å². The van der Waals surface area contributed by atoms with E-state index in [1.807, 2.05) is 36.0 Å². The van der Waals surface area contributed by atoms with Gasteiger partial charge in [0.15, 0.2) is 0 Å².